The van der Waals surface area contributed by atoms with Gasteiger partial charge in [0.15, 0.2) is 0 Å². The summed E-state index contributed by atoms with van der Waals surface area (Å²) in [5, 5.41) is 3.55. The molecule has 0 radical (unpaired) electrons. The Morgan fingerprint density at radius 1 is 1.21 bits per heavy atom. The van der Waals surface area contributed by atoms with Gasteiger partial charge in [-0.15, -0.1) is 0 Å². The van der Waals surface area contributed by atoms with Crippen LogP contribution in [-0.2, 0) is 6.42 Å². The highest BCUT2D eigenvalue weighted by Gasteiger charge is 2.19. The maximum Gasteiger partial charge on any atom is 0.119 e. The molecule has 1 aliphatic rings. The molecule has 1 N–H and O–H groups in total. The zero-order valence-corrected chi connectivity index (χ0v) is 12.2. The van der Waals surface area contributed by atoms with Crippen LogP contribution < -0.4 is 10.1 Å². The number of ether oxygens (including phenoxy) is 1. The minimum Gasteiger partial charge on any atom is -0.494 e. The Balaban J connectivity index is 1.62. The van der Waals surface area contributed by atoms with Gasteiger partial charge in [0.1, 0.15) is 5.75 Å². The molecule has 1 fully saturated rings. The van der Waals surface area contributed by atoms with Gasteiger partial charge in [0.25, 0.3) is 0 Å². The molecule has 0 aromatic heterocycles. The van der Waals surface area contributed by atoms with Crippen molar-refractivity contribution in [2.75, 3.05) is 33.3 Å². The third-order valence-electron chi connectivity index (χ3n) is 3.52. The van der Waals surface area contributed by atoms with E-state index >= 15 is 0 Å². The first kappa shape index (κ1) is 14.4. The number of nitrogens with one attached hydrogen (secondary N) is 1. The SMILES string of the molecule is CCOc1ccc(CCN(C)CCNC2CC2)cc1. The van der Waals surface area contributed by atoms with Gasteiger partial charge in [0.05, 0.1) is 6.61 Å². The van der Waals surface area contributed by atoms with Crippen molar-refractivity contribution in [3.63, 3.8) is 0 Å². The molecule has 0 amide bonds. The largest absolute Gasteiger partial charge is 0.494 e. The summed E-state index contributed by atoms with van der Waals surface area (Å²) in [5.74, 6) is 0.966. The van der Waals surface area contributed by atoms with E-state index < -0.39 is 0 Å². The first-order valence-corrected chi connectivity index (χ1v) is 7.41. The van der Waals surface area contributed by atoms with Crippen LogP contribution in [0.4, 0.5) is 0 Å². The van der Waals surface area contributed by atoms with Crippen LogP contribution in [0.2, 0.25) is 0 Å². The summed E-state index contributed by atoms with van der Waals surface area (Å²) in [4.78, 5) is 2.39. The molecule has 0 saturated heterocycles. The van der Waals surface area contributed by atoms with Crippen molar-refractivity contribution in [3.8, 4) is 5.75 Å². The summed E-state index contributed by atoms with van der Waals surface area (Å²) >= 11 is 0. The summed E-state index contributed by atoms with van der Waals surface area (Å²) in [6.45, 7) is 6.10. The number of nitrogens with zero attached hydrogens (tertiary/aromatic N) is 1. The fraction of sp³-hybridized carbons (Fsp3) is 0.625. The lowest BCUT2D eigenvalue weighted by Gasteiger charge is -2.17. The van der Waals surface area contributed by atoms with E-state index in [9.17, 15) is 0 Å². The van der Waals surface area contributed by atoms with Crippen molar-refractivity contribution >= 4 is 0 Å². The normalized spacial score (nSPS) is 14.9. The second kappa shape index (κ2) is 7.51. The minimum absolute atomic E-state index is 0.732. The van der Waals surface area contributed by atoms with Crippen LogP contribution in [0.5, 0.6) is 5.75 Å². The van der Waals surface area contributed by atoms with E-state index in [-0.39, 0.29) is 0 Å². The molecule has 19 heavy (non-hydrogen) atoms. The minimum atomic E-state index is 0.732. The topological polar surface area (TPSA) is 24.5 Å². The van der Waals surface area contributed by atoms with Gasteiger partial charge >= 0.3 is 0 Å². The molecule has 0 aliphatic heterocycles. The Bertz CT molecular complexity index is 360. The van der Waals surface area contributed by atoms with Crippen LogP contribution in [0.3, 0.4) is 0 Å². The van der Waals surface area contributed by atoms with Crippen LogP contribution in [0.1, 0.15) is 25.3 Å². The smallest absolute Gasteiger partial charge is 0.119 e. The van der Waals surface area contributed by atoms with Crippen molar-refractivity contribution in [2.24, 2.45) is 0 Å². The molecule has 0 bridgehead atoms. The molecule has 3 nitrogen and oxygen atoms in total. The predicted octanol–water partition coefficient (Wildman–Crippen LogP) is 2.31. The first-order valence-electron chi connectivity index (χ1n) is 7.41. The van der Waals surface area contributed by atoms with Crippen molar-refractivity contribution in [1.29, 1.82) is 0 Å². The second-order valence-electron chi connectivity index (χ2n) is 5.36. The van der Waals surface area contributed by atoms with Gasteiger partial charge in [-0.2, -0.15) is 0 Å². The van der Waals surface area contributed by atoms with Crippen LogP contribution in [0.25, 0.3) is 0 Å². The number of hydrogen-bond acceptors (Lipinski definition) is 3. The van der Waals surface area contributed by atoms with Gasteiger partial charge in [-0.1, -0.05) is 12.1 Å². The fourth-order valence-corrected chi connectivity index (χ4v) is 2.10. The lowest BCUT2D eigenvalue weighted by molar-refractivity contribution is 0.334. The average molecular weight is 262 g/mol. The third kappa shape index (κ3) is 5.62. The van der Waals surface area contributed by atoms with Crippen molar-refractivity contribution in [1.82, 2.24) is 10.2 Å². The summed E-state index contributed by atoms with van der Waals surface area (Å²) in [6, 6.07) is 9.28. The van der Waals surface area contributed by atoms with Crippen LogP contribution in [0, 0.1) is 0 Å². The molecule has 106 valence electrons. The van der Waals surface area contributed by atoms with E-state index in [0.29, 0.717) is 0 Å². The monoisotopic (exact) mass is 262 g/mol. The number of rotatable bonds is 9. The Hall–Kier alpha value is -1.06. The summed E-state index contributed by atoms with van der Waals surface area (Å²) in [5.41, 5.74) is 1.38. The van der Waals surface area contributed by atoms with Crippen molar-refractivity contribution in [3.05, 3.63) is 29.8 Å². The average Bonchev–Trinajstić information content (AvgIpc) is 3.22. The molecular weight excluding hydrogens is 236 g/mol. The highest BCUT2D eigenvalue weighted by Crippen LogP contribution is 2.18. The molecule has 0 spiro atoms. The number of benzene rings is 1. The van der Waals surface area contributed by atoms with Gasteiger partial charge in [-0.25, -0.2) is 0 Å². The zero-order chi connectivity index (χ0) is 13.5. The predicted molar refractivity (Wildman–Crippen MR) is 79.8 cm³/mol. The van der Waals surface area contributed by atoms with Crippen LogP contribution in [0.15, 0.2) is 24.3 Å². The van der Waals surface area contributed by atoms with E-state index in [1.54, 1.807) is 0 Å². The Morgan fingerprint density at radius 3 is 2.58 bits per heavy atom. The van der Waals surface area contributed by atoms with Gasteiger partial charge in [0.2, 0.25) is 0 Å². The van der Waals surface area contributed by atoms with Crippen molar-refractivity contribution < 1.29 is 4.74 Å². The Morgan fingerprint density at radius 2 is 1.95 bits per heavy atom. The molecule has 1 saturated carbocycles. The molecular formula is C16H26N2O. The van der Waals surface area contributed by atoms with E-state index in [1.165, 1.54) is 18.4 Å². The summed E-state index contributed by atoms with van der Waals surface area (Å²) in [7, 11) is 2.20. The first-order chi connectivity index (χ1) is 9.28. The molecule has 1 aromatic rings. The lowest BCUT2D eigenvalue weighted by Crippen LogP contribution is -2.31. The standard InChI is InChI=1S/C16H26N2O/c1-3-19-16-8-4-14(5-9-16)10-12-18(2)13-11-17-15-6-7-15/h4-5,8-9,15,17H,3,6-7,10-13H2,1-2H3. The van der Waals surface area contributed by atoms with Crippen LogP contribution in [-0.4, -0.2) is 44.2 Å². The third-order valence-corrected chi connectivity index (χ3v) is 3.52. The molecule has 3 heteroatoms. The molecule has 1 aromatic carbocycles. The van der Waals surface area contributed by atoms with Gasteiger partial charge < -0.3 is 15.0 Å². The molecule has 1 aliphatic carbocycles. The van der Waals surface area contributed by atoms with E-state index in [1.807, 2.05) is 6.92 Å². The highest BCUT2D eigenvalue weighted by atomic mass is 16.5. The fourth-order valence-electron chi connectivity index (χ4n) is 2.10. The quantitative estimate of drug-likeness (QED) is 0.739. The number of likely N-dealkylation sites (N-methyl/N-ethyl adjacent to an activating group) is 1. The van der Waals surface area contributed by atoms with Gasteiger partial charge in [-0.05, 0) is 50.9 Å². The summed E-state index contributed by atoms with van der Waals surface area (Å²) in [6.07, 6.45) is 3.85. The highest BCUT2D eigenvalue weighted by molar-refractivity contribution is 5.27. The van der Waals surface area contributed by atoms with E-state index in [0.717, 1.165) is 44.5 Å². The van der Waals surface area contributed by atoms with E-state index in [2.05, 4.69) is 41.5 Å². The Kier molecular flexibility index (Phi) is 5.67. The molecule has 0 heterocycles. The van der Waals surface area contributed by atoms with Gasteiger partial charge in [-0.3, -0.25) is 0 Å². The van der Waals surface area contributed by atoms with Crippen molar-refractivity contribution in [2.45, 2.75) is 32.2 Å². The van der Waals surface area contributed by atoms with E-state index in [4.69, 9.17) is 4.74 Å². The Labute approximate surface area is 116 Å². The lowest BCUT2D eigenvalue weighted by atomic mass is 10.1. The molecule has 0 atom stereocenters. The zero-order valence-electron chi connectivity index (χ0n) is 12.2. The number of hydrogen-bond donors (Lipinski definition) is 1. The van der Waals surface area contributed by atoms with Crippen LogP contribution >= 0.6 is 0 Å². The summed E-state index contributed by atoms with van der Waals surface area (Å²) < 4.78 is 5.45. The maximum absolute atomic E-state index is 5.45. The molecule has 0 unspecified atom stereocenters. The maximum atomic E-state index is 5.45. The second-order valence-corrected chi connectivity index (χ2v) is 5.36. The molecule has 2 rings (SSSR count). The van der Waals surface area contributed by atoms with Gasteiger partial charge in [0, 0.05) is 25.7 Å².